The highest BCUT2D eigenvalue weighted by atomic mass is 32.2. The zero-order chi connectivity index (χ0) is 19.9. The van der Waals surface area contributed by atoms with Crippen LogP contribution in [0.1, 0.15) is 19.3 Å². The number of nitrogens with zero attached hydrogens (tertiary/aromatic N) is 1. The Labute approximate surface area is 167 Å². The summed E-state index contributed by atoms with van der Waals surface area (Å²) in [5.74, 6) is 0.196. The van der Waals surface area contributed by atoms with Crippen molar-refractivity contribution in [3.8, 4) is 5.75 Å². The van der Waals surface area contributed by atoms with Gasteiger partial charge in [-0.15, -0.1) is 11.8 Å². The number of anilines is 1. The number of benzene rings is 2. The minimum atomic E-state index is -0.269. The number of carbonyl (C=O) groups excluding carboxylic acids is 2. The molecule has 2 aromatic carbocycles. The molecule has 2 amide bonds. The summed E-state index contributed by atoms with van der Waals surface area (Å²) in [6, 6.07) is 12.9. The van der Waals surface area contributed by atoms with Gasteiger partial charge in [-0.3, -0.25) is 9.59 Å². The van der Waals surface area contributed by atoms with E-state index >= 15 is 0 Å². The Bertz CT molecular complexity index is 821. The van der Waals surface area contributed by atoms with Crippen LogP contribution in [-0.2, 0) is 9.59 Å². The maximum atomic E-state index is 12.9. The predicted molar refractivity (Wildman–Crippen MR) is 108 cm³/mol. The van der Waals surface area contributed by atoms with Crippen LogP contribution >= 0.6 is 11.8 Å². The summed E-state index contributed by atoms with van der Waals surface area (Å²) in [5, 5.41) is 12.5. The second kappa shape index (κ2) is 9.59. The lowest BCUT2D eigenvalue weighted by molar-refractivity contribution is -0.134. The van der Waals surface area contributed by atoms with Crippen molar-refractivity contribution in [3.63, 3.8) is 0 Å². The highest BCUT2D eigenvalue weighted by Gasteiger charge is 2.27. The van der Waals surface area contributed by atoms with Crippen LogP contribution in [0.25, 0.3) is 0 Å². The topological polar surface area (TPSA) is 69.6 Å². The number of amides is 2. The van der Waals surface area contributed by atoms with Crippen molar-refractivity contribution in [2.75, 3.05) is 24.2 Å². The van der Waals surface area contributed by atoms with Crippen molar-refractivity contribution in [2.24, 2.45) is 5.92 Å². The van der Waals surface area contributed by atoms with Gasteiger partial charge in [-0.05, 0) is 49.2 Å². The van der Waals surface area contributed by atoms with Crippen LogP contribution in [0, 0.1) is 11.7 Å². The quantitative estimate of drug-likeness (QED) is 0.568. The number of likely N-dealkylation sites (tertiary alicyclic amines) is 1. The van der Waals surface area contributed by atoms with Crippen molar-refractivity contribution < 1.29 is 19.1 Å². The molecule has 1 heterocycles. The molecule has 1 aliphatic heterocycles. The average molecular weight is 402 g/mol. The number of carbonyl (C=O) groups is 2. The molecule has 0 radical (unpaired) electrons. The van der Waals surface area contributed by atoms with E-state index in [-0.39, 0.29) is 29.3 Å². The zero-order valence-electron chi connectivity index (χ0n) is 15.4. The normalized spacial score (nSPS) is 14.7. The number of thioether (sulfide) groups is 1. The summed E-state index contributed by atoms with van der Waals surface area (Å²) in [6.45, 7) is 1.11. The molecule has 0 atom stereocenters. The van der Waals surface area contributed by atoms with Crippen LogP contribution in [0.2, 0.25) is 0 Å². The summed E-state index contributed by atoms with van der Waals surface area (Å²) in [7, 11) is 0. The van der Waals surface area contributed by atoms with Gasteiger partial charge >= 0.3 is 0 Å². The van der Waals surface area contributed by atoms with Gasteiger partial charge in [0, 0.05) is 36.1 Å². The van der Waals surface area contributed by atoms with Crippen LogP contribution in [0.3, 0.4) is 0 Å². The Kier molecular flexibility index (Phi) is 6.92. The fourth-order valence-corrected chi connectivity index (χ4v) is 3.99. The van der Waals surface area contributed by atoms with Crippen molar-refractivity contribution >= 4 is 29.3 Å². The van der Waals surface area contributed by atoms with Crippen LogP contribution in [0.15, 0.2) is 53.4 Å². The van der Waals surface area contributed by atoms with E-state index in [0.29, 0.717) is 43.8 Å². The first-order valence-corrected chi connectivity index (χ1v) is 10.3. The van der Waals surface area contributed by atoms with Gasteiger partial charge in [0.15, 0.2) is 0 Å². The number of rotatable bonds is 6. The average Bonchev–Trinajstić information content (AvgIpc) is 2.71. The Balaban J connectivity index is 1.40. The molecule has 0 aliphatic carbocycles. The number of para-hydroxylation sites is 2. The molecule has 7 heteroatoms. The molecule has 2 aromatic rings. The third-order valence-corrected chi connectivity index (χ3v) is 5.79. The van der Waals surface area contributed by atoms with Gasteiger partial charge in [0.05, 0.1) is 5.69 Å². The van der Waals surface area contributed by atoms with E-state index in [2.05, 4.69) is 5.32 Å². The zero-order valence-corrected chi connectivity index (χ0v) is 16.3. The first kappa shape index (κ1) is 20.2. The second-order valence-electron chi connectivity index (χ2n) is 6.71. The lowest BCUT2D eigenvalue weighted by Crippen LogP contribution is -2.41. The van der Waals surface area contributed by atoms with E-state index in [9.17, 15) is 19.1 Å². The molecule has 2 N–H and O–H groups in total. The van der Waals surface area contributed by atoms with Gasteiger partial charge < -0.3 is 15.3 Å². The molecule has 148 valence electrons. The second-order valence-corrected chi connectivity index (χ2v) is 7.88. The fraction of sp³-hybridized carbons (Fsp3) is 0.333. The SMILES string of the molecule is O=C(Nc1ccccc1O)C1CCN(C(=O)CCSc2ccc(F)cc2)CC1. The molecule has 0 unspecified atom stereocenters. The van der Waals surface area contributed by atoms with Crippen molar-refractivity contribution in [2.45, 2.75) is 24.2 Å². The van der Waals surface area contributed by atoms with Crippen LogP contribution in [0.5, 0.6) is 5.75 Å². The van der Waals surface area contributed by atoms with Crippen molar-refractivity contribution in [1.82, 2.24) is 4.90 Å². The first-order chi connectivity index (χ1) is 13.5. The molecule has 0 aromatic heterocycles. The summed E-state index contributed by atoms with van der Waals surface area (Å²) in [5.41, 5.74) is 0.406. The van der Waals surface area contributed by atoms with Gasteiger partial charge in [-0.25, -0.2) is 4.39 Å². The minimum Gasteiger partial charge on any atom is -0.506 e. The number of aromatic hydroxyl groups is 1. The lowest BCUT2D eigenvalue weighted by atomic mass is 9.95. The third-order valence-electron chi connectivity index (χ3n) is 4.78. The monoisotopic (exact) mass is 402 g/mol. The smallest absolute Gasteiger partial charge is 0.227 e. The van der Waals surface area contributed by atoms with Crippen molar-refractivity contribution in [1.29, 1.82) is 0 Å². The summed E-state index contributed by atoms with van der Waals surface area (Å²) in [6.07, 6.45) is 1.63. The van der Waals surface area contributed by atoms with E-state index in [1.54, 1.807) is 35.2 Å². The highest BCUT2D eigenvalue weighted by Crippen LogP contribution is 2.25. The van der Waals surface area contributed by atoms with E-state index in [0.717, 1.165) is 4.90 Å². The summed E-state index contributed by atoms with van der Waals surface area (Å²) < 4.78 is 12.9. The Morgan fingerprint density at radius 2 is 1.79 bits per heavy atom. The first-order valence-electron chi connectivity index (χ1n) is 9.28. The van der Waals surface area contributed by atoms with Gasteiger partial charge in [-0.1, -0.05) is 12.1 Å². The molecular formula is C21H23FN2O3S. The van der Waals surface area contributed by atoms with Gasteiger partial charge in [0.2, 0.25) is 11.8 Å². The maximum absolute atomic E-state index is 12.9. The van der Waals surface area contributed by atoms with Gasteiger partial charge in [0.1, 0.15) is 11.6 Å². The summed E-state index contributed by atoms with van der Waals surface area (Å²) >= 11 is 1.53. The molecule has 1 fully saturated rings. The van der Waals surface area contributed by atoms with E-state index in [1.807, 2.05) is 0 Å². The molecule has 3 rings (SSSR count). The Morgan fingerprint density at radius 3 is 2.46 bits per heavy atom. The Morgan fingerprint density at radius 1 is 1.11 bits per heavy atom. The van der Waals surface area contributed by atoms with Crippen LogP contribution < -0.4 is 5.32 Å². The number of nitrogens with one attached hydrogen (secondary N) is 1. The molecule has 28 heavy (non-hydrogen) atoms. The number of hydrogen-bond donors (Lipinski definition) is 2. The standard InChI is InChI=1S/C21H23FN2O3S/c22-16-5-7-17(8-6-16)28-14-11-20(26)24-12-9-15(10-13-24)21(27)23-18-3-1-2-4-19(18)25/h1-8,15,25H,9-14H2,(H,23,27). The molecule has 0 saturated carbocycles. The number of halogens is 1. The summed E-state index contributed by atoms with van der Waals surface area (Å²) in [4.78, 5) is 27.5. The van der Waals surface area contributed by atoms with Crippen molar-refractivity contribution in [3.05, 3.63) is 54.3 Å². The van der Waals surface area contributed by atoms with E-state index < -0.39 is 0 Å². The highest BCUT2D eigenvalue weighted by molar-refractivity contribution is 7.99. The number of hydrogen-bond acceptors (Lipinski definition) is 4. The Hall–Kier alpha value is -2.54. The van der Waals surface area contributed by atoms with E-state index in [4.69, 9.17) is 0 Å². The minimum absolute atomic E-state index is 0.0436. The molecule has 1 aliphatic rings. The molecule has 0 spiro atoms. The molecular weight excluding hydrogens is 379 g/mol. The predicted octanol–water partition coefficient (Wildman–Crippen LogP) is 3.89. The number of piperidine rings is 1. The largest absolute Gasteiger partial charge is 0.506 e. The molecule has 0 bridgehead atoms. The fourth-order valence-electron chi connectivity index (χ4n) is 3.15. The van der Waals surface area contributed by atoms with E-state index in [1.165, 1.54) is 30.0 Å². The lowest BCUT2D eigenvalue weighted by Gasteiger charge is -2.31. The maximum Gasteiger partial charge on any atom is 0.227 e. The third kappa shape index (κ3) is 5.48. The van der Waals surface area contributed by atoms with Gasteiger partial charge in [0.25, 0.3) is 0 Å². The van der Waals surface area contributed by atoms with Crippen LogP contribution in [-0.4, -0.2) is 40.7 Å². The van der Waals surface area contributed by atoms with Gasteiger partial charge in [-0.2, -0.15) is 0 Å². The molecule has 5 nitrogen and oxygen atoms in total. The number of phenols is 1. The number of phenolic OH excluding ortho intramolecular Hbond substituents is 1. The van der Waals surface area contributed by atoms with Crippen LogP contribution in [0.4, 0.5) is 10.1 Å². The molecule has 1 saturated heterocycles.